The summed E-state index contributed by atoms with van der Waals surface area (Å²) in [5.74, 6) is 1.91. The highest BCUT2D eigenvalue weighted by Crippen LogP contribution is 2.45. The van der Waals surface area contributed by atoms with Crippen LogP contribution in [0.5, 0.6) is 0 Å². The van der Waals surface area contributed by atoms with Crippen LogP contribution < -0.4 is 0 Å². The zero-order chi connectivity index (χ0) is 37.0. The highest BCUT2D eigenvalue weighted by molar-refractivity contribution is 7.26. The van der Waals surface area contributed by atoms with E-state index in [0.717, 1.165) is 33.5 Å². The summed E-state index contributed by atoms with van der Waals surface area (Å²) >= 11 is 1.87. The van der Waals surface area contributed by atoms with Gasteiger partial charge in [-0.3, -0.25) is 0 Å². The van der Waals surface area contributed by atoms with E-state index < -0.39 is 0 Å². The van der Waals surface area contributed by atoms with E-state index in [4.69, 9.17) is 15.0 Å². The highest BCUT2D eigenvalue weighted by atomic mass is 32.1. The minimum absolute atomic E-state index is 0.625. The molecule has 0 aliphatic heterocycles. The van der Waals surface area contributed by atoms with Crippen LogP contribution in [-0.2, 0) is 0 Å². The lowest BCUT2D eigenvalue weighted by atomic mass is 9.97. The Morgan fingerprint density at radius 3 is 1.54 bits per heavy atom. The van der Waals surface area contributed by atoms with Gasteiger partial charge in [-0.05, 0) is 47.0 Å². The molecule has 3 aromatic heterocycles. The van der Waals surface area contributed by atoms with E-state index in [1.165, 1.54) is 53.1 Å². The van der Waals surface area contributed by atoms with Crippen molar-refractivity contribution in [2.75, 3.05) is 0 Å². The maximum Gasteiger partial charge on any atom is 0.164 e. The van der Waals surface area contributed by atoms with Crippen LogP contribution in [0.1, 0.15) is 0 Å². The van der Waals surface area contributed by atoms with E-state index in [2.05, 4.69) is 138 Å². The van der Waals surface area contributed by atoms with Gasteiger partial charge in [-0.1, -0.05) is 164 Å². The largest absolute Gasteiger partial charge is 0.307 e. The number of nitrogens with zero attached hydrogens (tertiary/aromatic N) is 4. The van der Waals surface area contributed by atoms with Crippen molar-refractivity contribution in [1.82, 2.24) is 19.5 Å². The molecule has 0 fully saturated rings. The Balaban J connectivity index is 1.19. The van der Waals surface area contributed by atoms with Gasteiger partial charge in [0.1, 0.15) is 0 Å². The molecular weight excluding hydrogens is 701 g/mol. The normalized spacial score (nSPS) is 11.6. The smallest absolute Gasteiger partial charge is 0.164 e. The fourth-order valence-corrected chi connectivity index (χ4v) is 9.23. The third-order valence-corrected chi connectivity index (χ3v) is 11.9. The third-order valence-electron chi connectivity index (χ3n) is 10.7. The number of aromatic nitrogens is 4. The van der Waals surface area contributed by atoms with Crippen molar-refractivity contribution in [3.05, 3.63) is 194 Å². The monoisotopic (exact) mass is 732 g/mol. The molecule has 0 radical (unpaired) electrons. The molecule has 0 spiro atoms. The average Bonchev–Trinajstić information content (AvgIpc) is 3.83. The molecule has 0 unspecified atom stereocenters. The third kappa shape index (κ3) is 5.40. The Bertz CT molecular complexity index is 3160. The van der Waals surface area contributed by atoms with E-state index in [1.54, 1.807) is 0 Å². The minimum atomic E-state index is 0.625. The molecule has 11 rings (SSSR count). The van der Waals surface area contributed by atoms with E-state index in [1.807, 2.05) is 72.0 Å². The molecule has 8 aromatic carbocycles. The van der Waals surface area contributed by atoms with Crippen LogP contribution in [0, 0.1) is 0 Å². The summed E-state index contributed by atoms with van der Waals surface area (Å²) in [5, 5.41) is 5.04. The maximum absolute atomic E-state index is 5.12. The molecule has 0 N–H and O–H groups in total. The molecule has 0 aliphatic rings. The van der Waals surface area contributed by atoms with E-state index >= 15 is 0 Å². The van der Waals surface area contributed by atoms with Gasteiger partial charge in [-0.2, -0.15) is 0 Å². The number of benzene rings is 8. The van der Waals surface area contributed by atoms with Crippen LogP contribution in [0.15, 0.2) is 194 Å². The molecule has 0 amide bonds. The van der Waals surface area contributed by atoms with Gasteiger partial charge in [0.25, 0.3) is 0 Å². The van der Waals surface area contributed by atoms with Gasteiger partial charge >= 0.3 is 0 Å². The molecular formula is C51H32N4S. The van der Waals surface area contributed by atoms with Crippen LogP contribution in [0.25, 0.3) is 104 Å². The van der Waals surface area contributed by atoms with Gasteiger partial charge in [0.15, 0.2) is 17.5 Å². The molecule has 4 nitrogen and oxygen atoms in total. The van der Waals surface area contributed by atoms with Crippen molar-refractivity contribution in [1.29, 1.82) is 0 Å². The maximum atomic E-state index is 5.12. The topological polar surface area (TPSA) is 43.6 Å². The Morgan fingerprint density at radius 2 is 0.857 bits per heavy atom. The van der Waals surface area contributed by atoms with Gasteiger partial charge in [-0.25, -0.2) is 15.0 Å². The predicted octanol–water partition coefficient (Wildman–Crippen LogP) is 13.7. The molecule has 5 heteroatoms. The van der Waals surface area contributed by atoms with Gasteiger partial charge in [0, 0.05) is 48.5 Å². The van der Waals surface area contributed by atoms with Crippen molar-refractivity contribution >= 4 is 53.3 Å². The molecule has 11 aromatic rings. The minimum Gasteiger partial charge on any atom is -0.307 e. The van der Waals surface area contributed by atoms with Crippen LogP contribution >= 0.6 is 11.3 Å². The molecule has 0 saturated heterocycles. The number of hydrogen-bond donors (Lipinski definition) is 0. The van der Waals surface area contributed by atoms with Gasteiger partial charge < -0.3 is 4.57 Å². The highest BCUT2D eigenvalue weighted by Gasteiger charge is 2.21. The lowest BCUT2D eigenvalue weighted by molar-refractivity contribution is 1.07. The second kappa shape index (κ2) is 13.3. The first-order chi connectivity index (χ1) is 27.8. The Labute approximate surface area is 327 Å². The van der Waals surface area contributed by atoms with Crippen molar-refractivity contribution in [2.45, 2.75) is 0 Å². The molecule has 262 valence electrons. The lowest BCUT2D eigenvalue weighted by Gasteiger charge is -2.17. The van der Waals surface area contributed by atoms with E-state index in [-0.39, 0.29) is 0 Å². The first-order valence-corrected chi connectivity index (χ1v) is 19.6. The summed E-state index contributed by atoms with van der Waals surface area (Å²) < 4.78 is 5.05. The molecule has 0 saturated carbocycles. The summed E-state index contributed by atoms with van der Waals surface area (Å²) in [6, 6.07) is 68.6. The standard InChI is InChI=1S/C51H32N4S/c1-4-14-33(15-5-1)34-24-26-35(27-25-34)43-32-38(51-53-49(36-16-6-2-7-17-36)52-50(54-51)37-18-8-3-9-19-37)28-31-45(43)55-44-22-12-10-20-39(44)41-29-30-42-40-21-11-13-23-46(40)56-48(42)47(41)55/h1-32H. The van der Waals surface area contributed by atoms with Crippen LogP contribution in [-0.4, -0.2) is 19.5 Å². The SMILES string of the molecule is c1ccc(-c2ccc(-c3cc(-c4nc(-c5ccccc5)nc(-c5ccccc5)n4)ccc3-n3c4ccccc4c4ccc5c6ccccc6sc5c43)cc2)cc1. The van der Waals surface area contributed by atoms with Gasteiger partial charge in [-0.15, -0.1) is 11.3 Å². The second-order valence-electron chi connectivity index (χ2n) is 14.0. The number of para-hydroxylation sites is 1. The van der Waals surface area contributed by atoms with Gasteiger partial charge in [0.2, 0.25) is 0 Å². The molecule has 0 bridgehead atoms. The quantitative estimate of drug-likeness (QED) is 0.171. The Kier molecular flexibility index (Phi) is 7.64. The molecule has 3 heterocycles. The number of rotatable bonds is 6. The van der Waals surface area contributed by atoms with E-state index in [0.29, 0.717) is 17.5 Å². The summed E-state index contributed by atoms with van der Waals surface area (Å²) in [6.45, 7) is 0. The Hall–Kier alpha value is -7.21. The summed E-state index contributed by atoms with van der Waals surface area (Å²) in [4.78, 5) is 15.2. The van der Waals surface area contributed by atoms with Crippen molar-refractivity contribution < 1.29 is 0 Å². The second-order valence-corrected chi connectivity index (χ2v) is 15.1. The number of hydrogen-bond acceptors (Lipinski definition) is 4. The van der Waals surface area contributed by atoms with Crippen molar-refractivity contribution in [3.8, 4) is 62.1 Å². The molecule has 56 heavy (non-hydrogen) atoms. The predicted molar refractivity (Wildman–Crippen MR) is 234 cm³/mol. The average molecular weight is 733 g/mol. The lowest BCUT2D eigenvalue weighted by Crippen LogP contribution is -2.02. The zero-order valence-electron chi connectivity index (χ0n) is 30.2. The number of fused-ring (bicyclic) bond motifs is 7. The molecule has 0 atom stereocenters. The van der Waals surface area contributed by atoms with E-state index in [9.17, 15) is 0 Å². The summed E-state index contributed by atoms with van der Waals surface area (Å²) in [7, 11) is 0. The van der Waals surface area contributed by atoms with Crippen LogP contribution in [0.2, 0.25) is 0 Å². The Morgan fingerprint density at radius 1 is 0.357 bits per heavy atom. The van der Waals surface area contributed by atoms with Crippen molar-refractivity contribution in [2.24, 2.45) is 0 Å². The van der Waals surface area contributed by atoms with Crippen LogP contribution in [0.3, 0.4) is 0 Å². The van der Waals surface area contributed by atoms with Crippen LogP contribution in [0.4, 0.5) is 0 Å². The van der Waals surface area contributed by atoms with Crippen molar-refractivity contribution in [3.63, 3.8) is 0 Å². The van der Waals surface area contributed by atoms with Gasteiger partial charge in [0.05, 0.1) is 21.4 Å². The first kappa shape index (κ1) is 32.2. The summed E-state index contributed by atoms with van der Waals surface area (Å²) in [5.41, 5.74) is 10.8. The first-order valence-electron chi connectivity index (χ1n) is 18.8. The summed E-state index contributed by atoms with van der Waals surface area (Å²) in [6.07, 6.45) is 0. The molecule has 0 aliphatic carbocycles. The fraction of sp³-hybridized carbons (Fsp3) is 0. The zero-order valence-corrected chi connectivity index (χ0v) is 31.0. The number of thiophene rings is 1. The fourth-order valence-electron chi connectivity index (χ4n) is 7.99.